The molecule has 2 aromatic rings. The third kappa shape index (κ3) is 3.22. The summed E-state index contributed by atoms with van der Waals surface area (Å²) in [6.45, 7) is 2.55. The van der Waals surface area contributed by atoms with Crippen LogP contribution in [0.15, 0.2) is 24.5 Å². The van der Waals surface area contributed by atoms with Crippen LogP contribution in [0.5, 0.6) is 0 Å². The van der Waals surface area contributed by atoms with E-state index in [9.17, 15) is 14.9 Å². The highest BCUT2D eigenvalue weighted by Gasteiger charge is 2.12. The summed E-state index contributed by atoms with van der Waals surface area (Å²) in [4.78, 5) is 31.8. The van der Waals surface area contributed by atoms with Gasteiger partial charge in [-0.2, -0.15) is 0 Å². The molecule has 0 fully saturated rings. The SMILES string of the molecule is CCN(C)C(=O)CNc1ncnc2ccc([N+](=O)[O-])cc12. The first-order chi connectivity index (χ1) is 10.0. The summed E-state index contributed by atoms with van der Waals surface area (Å²) < 4.78 is 0. The summed E-state index contributed by atoms with van der Waals surface area (Å²) in [7, 11) is 1.70. The molecule has 1 N–H and O–H groups in total. The van der Waals surface area contributed by atoms with E-state index in [1.54, 1.807) is 18.0 Å². The number of hydrogen-bond acceptors (Lipinski definition) is 6. The zero-order chi connectivity index (χ0) is 15.4. The van der Waals surface area contributed by atoms with Crippen molar-refractivity contribution in [2.24, 2.45) is 0 Å². The van der Waals surface area contributed by atoms with Gasteiger partial charge in [0.2, 0.25) is 5.91 Å². The molecule has 0 aliphatic rings. The Labute approximate surface area is 121 Å². The van der Waals surface area contributed by atoms with Crippen LogP contribution >= 0.6 is 0 Å². The minimum atomic E-state index is -0.480. The number of nitro benzene ring substituents is 1. The maximum absolute atomic E-state index is 11.8. The van der Waals surface area contributed by atoms with Gasteiger partial charge in [0.05, 0.1) is 17.0 Å². The monoisotopic (exact) mass is 289 g/mol. The summed E-state index contributed by atoms with van der Waals surface area (Å²) in [6, 6.07) is 4.33. The second-order valence-corrected chi connectivity index (χ2v) is 4.44. The van der Waals surface area contributed by atoms with Gasteiger partial charge < -0.3 is 10.2 Å². The van der Waals surface area contributed by atoms with Gasteiger partial charge in [-0.3, -0.25) is 14.9 Å². The van der Waals surface area contributed by atoms with Crippen LogP contribution in [0.4, 0.5) is 11.5 Å². The minimum Gasteiger partial charge on any atom is -0.360 e. The Bertz CT molecular complexity index is 689. The van der Waals surface area contributed by atoms with Crippen molar-refractivity contribution < 1.29 is 9.72 Å². The molecule has 8 heteroatoms. The lowest BCUT2D eigenvalue weighted by molar-refractivity contribution is -0.384. The number of fused-ring (bicyclic) bond motifs is 1. The van der Waals surface area contributed by atoms with Crippen molar-refractivity contribution in [3.05, 3.63) is 34.6 Å². The smallest absolute Gasteiger partial charge is 0.270 e. The number of benzene rings is 1. The van der Waals surface area contributed by atoms with E-state index >= 15 is 0 Å². The molecule has 1 heterocycles. The van der Waals surface area contributed by atoms with Crippen molar-refractivity contribution in [2.75, 3.05) is 25.5 Å². The Morgan fingerprint density at radius 1 is 1.43 bits per heavy atom. The molecule has 0 atom stereocenters. The molecule has 0 bridgehead atoms. The number of anilines is 1. The maximum Gasteiger partial charge on any atom is 0.270 e. The van der Waals surface area contributed by atoms with E-state index in [0.29, 0.717) is 23.3 Å². The number of amides is 1. The zero-order valence-electron chi connectivity index (χ0n) is 11.7. The first kappa shape index (κ1) is 14.6. The Kier molecular flexibility index (Phi) is 4.27. The molecule has 0 saturated carbocycles. The van der Waals surface area contributed by atoms with Gasteiger partial charge in [0.25, 0.3) is 5.69 Å². The number of nitro groups is 1. The molecule has 1 aromatic heterocycles. The molecule has 0 radical (unpaired) electrons. The van der Waals surface area contributed by atoms with E-state index < -0.39 is 4.92 Å². The number of carbonyl (C=O) groups excluding carboxylic acids is 1. The van der Waals surface area contributed by atoms with E-state index in [0.717, 1.165) is 0 Å². The maximum atomic E-state index is 11.8. The molecule has 2 rings (SSSR count). The minimum absolute atomic E-state index is 0.0441. The number of aromatic nitrogens is 2. The van der Waals surface area contributed by atoms with Gasteiger partial charge in [0.15, 0.2) is 0 Å². The van der Waals surface area contributed by atoms with Crippen molar-refractivity contribution in [1.29, 1.82) is 0 Å². The fraction of sp³-hybridized carbons (Fsp3) is 0.308. The first-order valence-corrected chi connectivity index (χ1v) is 6.40. The highest BCUT2D eigenvalue weighted by molar-refractivity contribution is 5.92. The predicted octanol–water partition coefficient (Wildman–Crippen LogP) is 1.43. The third-order valence-corrected chi connectivity index (χ3v) is 3.14. The lowest BCUT2D eigenvalue weighted by atomic mass is 10.2. The lowest BCUT2D eigenvalue weighted by Gasteiger charge is -2.15. The standard InChI is InChI=1S/C13H15N5O3/c1-3-17(2)12(19)7-14-13-10-6-9(18(20)21)4-5-11(10)15-8-16-13/h4-6,8H,3,7H2,1-2H3,(H,14,15,16). The van der Waals surface area contributed by atoms with E-state index in [-0.39, 0.29) is 18.1 Å². The van der Waals surface area contributed by atoms with Crippen molar-refractivity contribution in [2.45, 2.75) is 6.92 Å². The second kappa shape index (κ2) is 6.12. The molecular formula is C13H15N5O3. The van der Waals surface area contributed by atoms with Crippen molar-refractivity contribution >= 4 is 28.3 Å². The number of nitrogens with one attached hydrogen (secondary N) is 1. The molecule has 110 valence electrons. The summed E-state index contributed by atoms with van der Waals surface area (Å²) in [6.07, 6.45) is 1.35. The molecule has 1 amide bonds. The Balaban J connectivity index is 2.29. The summed E-state index contributed by atoms with van der Waals surface area (Å²) in [5.74, 6) is 0.316. The van der Waals surface area contributed by atoms with Crippen molar-refractivity contribution in [3.63, 3.8) is 0 Å². The van der Waals surface area contributed by atoms with E-state index in [1.807, 2.05) is 6.92 Å². The number of hydrogen-bond donors (Lipinski definition) is 1. The zero-order valence-corrected chi connectivity index (χ0v) is 11.7. The van der Waals surface area contributed by atoms with Gasteiger partial charge in [-0.05, 0) is 13.0 Å². The third-order valence-electron chi connectivity index (χ3n) is 3.14. The normalized spacial score (nSPS) is 10.4. The number of non-ortho nitro benzene ring substituents is 1. The average molecular weight is 289 g/mol. The molecule has 0 aliphatic heterocycles. The van der Waals surface area contributed by atoms with Crippen LogP contribution in [0.1, 0.15) is 6.92 Å². The number of rotatable bonds is 5. The quantitative estimate of drug-likeness (QED) is 0.660. The highest BCUT2D eigenvalue weighted by Crippen LogP contribution is 2.24. The van der Waals surface area contributed by atoms with E-state index in [1.165, 1.54) is 18.5 Å². The molecule has 1 aromatic carbocycles. The van der Waals surface area contributed by atoms with Crippen molar-refractivity contribution in [3.8, 4) is 0 Å². The fourth-order valence-electron chi connectivity index (χ4n) is 1.77. The number of nitrogens with zero attached hydrogens (tertiary/aromatic N) is 4. The number of likely N-dealkylation sites (N-methyl/N-ethyl adjacent to an activating group) is 1. The Morgan fingerprint density at radius 2 is 2.19 bits per heavy atom. The van der Waals surface area contributed by atoms with Gasteiger partial charge in [-0.15, -0.1) is 0 Å². The molecule has 0 saturated heterocycles. The van der Waals surface area contributed by atoms with Crippen LogP contribution in [0.25, 0.3) is 10.9 Å². The van der Waals surface area contributed by atoms with Crippen LogP contribution in [0.2, 0.25) is 0 Å². The van der Waals surface area contributed by atoms with Crippen LogP contribution in [-0.4, -0.2) is 45.8 Å². The summed E-state index contributed by atoms with van der Waals surface area (Å²) in [5, 5.41) is 14.3. The van der Waals surface area contributed by atoms with E-state index in [2.05, 4.69) is 15.3 Å². The lowest BCUT2D eigenvalue weighted by Crippen LogP contribution is -2.32. The van der Waals surface area contributed by atoms with E-state index in [4.69, 9.17) is 0 Å². The molecule has 21 heavy (non-hydrogen) atoms. The fourth-order valence-corrected chi connectivity index (χ4v) is 1.77. The van der Waals surface area contributed by atoms with Crippen LogP contribution in [-0.2, 0) is 4.79 Å². The van der Waals surface area contributed by atoms with Crippen LogP contribution < -0.4 is 5.32 Å². The average Bonchev–Trinajstić information content (AvgIpc) is 2.50. The van der Waals surface area contributed by atoms with Gasteiger partial charge in [0, 0.05) is 31.1 Å². The highest BCUT2D eigenvalue weighted by atomic mass is 16.6. The molecule has 0 unspecified atom stereocenters. The molecule has 8 nitrogen and oxygen atoms in total. The molecule has 0 aliphatic carbocycles. The Morgan fingerprint density at radius 3 is 2.86 bits per heavy atom. The second-order valence-electron chi connectivity index (χ2n) is 4.44. The van der Waals surface area contributed by atoms with Crippen LogP contribution in [0, 0.1) is 10.1 Å². The molecular weight excluding hydrogens is 274 g/mol. The molecule has 0 spiro atoms. The van der Waals surface area contributed by atoms with Gasteiger partial charge in [0.1, 0.15) is 12.1 Å². The largest absolute Gasteiger partial charge is 0.360 e. The van der Waals surface area contributed by atoms with Gasteiger partial charge in [-0.1, -0.05) is 0 Å². The Hall–Kier alpha value is -2.77. The van der Waals surface area contributed by atoms with Gasteiger partial charge >= 0.3 is 0 Å². The van der Waals surface area contributed by atoms with Gasteiger partial charge in [-0.25, -0.2) is 9.97 Å². The predicted molar refractivity (Wildman–Crippen MR) is 78.0 cm³/mol. The first-order valence-electron chi connectivity index (χ1n) is 6.40. The van der Waals surface area contributed by atoms with Crippen LogP contribution in [0.3, 0.4) is 0 Å². The van der Waals surface area contributed by atoms with Crippen molar-refractivity contribution in [1.82, 2.24) is 14.9 Å². The summed E-state index contributed by atoms with van der Waals surface area (Å²) >= 11 is 0. The summed E-state index contributed by atoms with van der Waals surface area (Å²) in [5.41, 5.74) is 0.534. The topological polar surface area (TPSA) is 101 Å². The number of carbonyl (C=O) groups is 1.